The summed E-state index contributed by atoms with van der Waals surface area (Å²) in [5.74, 6) is 0.923. The lowest BCUT2D eigenvalue weighted by Gasteiger charge is -2.34. The van der Waals surface area contributed by atoms with Crippen molar-refractivity contribution in [3.05, 3.63) is 48.5 Å². The van der Waals surface area contributed by atoms with Gasteiger partial charge in [-0.05, 0) is 51.0 Å². The van der Waals surface area contributed by atoms with Crippen molar-refractivity contribution in [3.8, 4) is 11.5 Å². The summed E-state index contributed by atoms with van der Waals surface area (Å²) in [5.41, 5.74) is 0.677. The van der Waals surface area contributed by atoms with Crippen LogP contribution in [0.5, 0.6) is 11.5 Å². The van der Waals surface area contributed by atoms with Crippen LogP contribution in [0, 0.1) is 0 Å². The first-order chi connectivity index (χ1) is 15.5. The van der Waals surface area contributed by atoms with E-state index in [4.69, 9.17) is 9.47 Å². The standard InChI is InChI=1S/C23H31N3O5S/c1-3-30-21-14-13-20(16-22(21)31-4-2)32(28,29)26-15-9-8-12-19(26)17-24-23(27)25-18-10-6-5-7-11-18/h5-7,10-11,13-14,16,19H,3-4,8-9,12,15,17H2,1-2H3,(H2,24,25,27)/t19-/m0/s1. The molecule has 32 heavy (non-hydrogen) atoms. The number of urea groups is 1. The van der Waals surface area contributed by atoms with Crippen LogP contribution in [0.15, 0.2) is 53.4 Å². The average molecular weight is 462 g/mol. The van der Waals surface area contributed by atoms with E-state index < -0.39 is 10.0 Å². The summed E-state index contributed by atoms with van der Waals surface area (Å²) in [7, 11) is -3.76. The maximum atomic E-state index is 13.5. The van der Waals surface area contributed by atoms with Crippen LogP contribution in [0.2, 0.25) is 0 Å². The molecule has 1 aliphatic heterocycles. The van der Waals surface area contributed by atoms with Crippen molar-refractivity contribution >= 4 is 21.7 Å². The summed E-state index contributed by atoms with van der Waals surface area (Å²) in [6, 6.07) is 13.1. The number of hydrogen-bond acceptors (Lipinski definition) is 5. The van der Waals surface area contributed by atoms with Gasteiger partial charge in [0.15, 0.2) is 11.5 Å². The molecule has 1 saturated heterocycles. The quantitative estimate of drug-likeness (QED) is 0.591. The summed E-state index contributed by atoms with van der Waals surface area (Å²) >= 11 is 0. The van der Waals surface area contributed by atoms with Gasteiger partial charge in [-0.25, -0.2) is 13.2 Å². The number of ether oxygens (including phenoxy) is 2. The van der Waals surface area contributed by atoms with Gasteiger partial charge in [-0.1, -0.05) is 24.6 Å². The Morgan fingerprint density at radius 1 is 1.03 bits per heavy atom. The fraction of sp³-hybridized carbons (Fsp3) is 0.435. The SMILES string of the molecule is CCOc1ccc(S(=O)(=O)N2CCCC[C@H]2CNC(=O)Nc2ccccc2)cc1OCC. The molecule has 0 saturated carbocycles. The Morgan fingerprint density at radius 3 is 2.47 bits per heavy atom. The third kappa shape index (κ3) is 5.92. The largest absolute Gasteiger partial charge is 0.490 e. The molecule has 0 bridgehead atoms. The third-order valence-electron chi connectivity index (χ3n) is 5.22. The lowest BCUT2D eigenvalue weighted by Crippen LogP contribution is -2.49. The number of amides is 2. The Balaban J connectivity index is 1.73. The molecule has 1 aliphatic rings. The maximum absolute atomic E-state index is 13.5. The van der Waals surface area contributed by atoms with Gasteiger partial charge in [-0.2, -0.15) is 4.31 Å². The van der Waals surface area contributed by atoms with E-state index in [-0.39, 0.29) is 23.5 Å². The van der Waals surface area contributed by atoms with Gasteiger partial charge in [0, 0.05) is 30.9 Å². The fourth-order valence-electron chi connectivity index (χ4n) is 3.73. The van der Waals surface area contributed by atoms with Crippen molar-refractivity contribution in [2.45, 2.75) is 44.0 Å². The van der Waals surface area contributed by atoms with Gasteiger partial charge in [0.05, 0.1) is 18.1 Å². The normalized spacial score (nSPS) is 16.9. The van der Waals surface area contributed by atoms with Crippen LogP contribution in [0.1, 0.15) is 33.1 Å². The van der Waals surface area contributed by atoms with Gasteiger partial charge in [-0.3, -0.25) is 0 Å². The van der Waals surface area contributed by atoms with Crippen molar-refractivity contribution < 1.29 is 22.7 Å². The number of hydrogen-bond donors (Lipinski definition) is 2. The molecule has 174 valence electrons. The first-order valence-electron chi connectivity index (χ1n) is 11.0. The molecule has 0 radical (unpaired) electrons. The molecule has 0 aromatic heterocycles. The number of piperidine rings is 1. The molecule has 2 aromatic carbocycles. The van der Waals surface area contributed by atoms with Crippen molar-refractivity contribution in [2.24, 2.45) is 0 Å². The van der Waals surface area contributed by atoms with Gasteiger partial charge < -0.3 is 20.1 Å². The van der Waals surface area contributed by atoms with Crippen LogP contribution in [-0.2, 0) is 10.0 Å². The van der Waals surface area contributed by atoms with E-state index >= 15 is 0 Å². The van der Waals surface area contributed by atoms with Crippen LogP contribution in [0.4, 0.5) is 10.5 Å². The number of nitrogens with one attached hydrogen (secondary N) is 2. The van der Waals surface area contributed by atoms with Gasteiger partial charge in [-0.15, -0.1) is 0 Å². The Hall–Kier alpha value is -2.78. The monoisotopic (exact) mass is 461 g/mol. The van der Waals surface area contributed by atoms with Crippen molar-refractivity contribution in [1.29, 1.82) is 0 Å². The van der Waals surface area contributed by atoms with Crippen LogP contribution in [0.3, 0.4) is 0 Å². The Morgan fingerprint density at radius 2 is 1.75 bits per heavy atom. The number of para-hydroxylation sites is 1. The lowest BCUT2D eigenvalue weighted by molar-refractivity contribution is 0.231. The second-order valence-electron chi connectivity index (χ2n) is 7.44. The van der Waals surface area contributed by atoms with Crippen LogP contribution in [0.25, 0.3) is 0 Å². The number of nitrogens with zero attached hydrogens (tertiary/aromatic N) is 1. The molecule has 8 nitrogen and oxygen atoms in total. The zero-order chi connectivity index (χ0) is 23.0. The Kier molecular flexibility index (Phi) is 8.35. The second kappa shape index (κ2) is 11.2. The highest BCUT2D eigenvalue weighted by Gasteiger charge is 2.34. The molecular weight excluding hydrogens is 430 g/mol. The first-order valence-corrected chi connectivity index (χ1v) is 12.4. The Bertz CT molecular complexity index is 998. The number of carbonyl (C=O) groups is 1. The lowest BCUT2D eigenvalue weighted by atomic mass is 10.1. The zero-order valence-corrected chi connectivity index (χ0v) is 19.4. The molecule has 9 heteroatoms. The van der Waals surface area contributed by atoms with E-state index in [0.29, 0.717) is 43.4 Å². The maximum Gasteiger partial charge on any atom is 0.319 e. The van der Waals surface area contributed by atoms with Crippen LogP contribution in [-0.4, -0.2) is 51.1 Å². The highest BCUT2D eigenvalue weighted by Crippen LogP contribution is 2.33. The average Bonchev–Trinajstić information content (AvgIpc) is 2.80. The van der Waals surface area contributed by atoms with E-state index in [9.17, 15) is 13.2 Å². The number of carbonyl (C=O) groups excluding carboxylic acids is 1. The highest BCUT2D eigenvalue weighted by atomic mass is 32.2. The summed E-state index contributed by atoms with van der Waals surface area (Å²) in [4.78, 5) is 12.4. The molecule has 3 rings (SSSR count). The predicted octanol–water partition coefficient (Wildman–Crippen LogP) is 3.85. The molecule has 0 aliphatic carbocycles. The molecule has 0 unspecified atom stereocenters. The van der Waals surface area contributed by atoms with E-state index in [1.54, 1.807) is 24.3 Å². The summed E-state index contributed by atoms with van der Waals surface area (Å²) in [6.07, 6.45) is 2.37. The molecule has 1 fully saturated rings. The minimum atomic E-state index is -3.76. The topological polar surface area (TPSA) is 97.0 Å². The van der Waals surface area contributed by atoms with Crippen LogP contribution < -0.4 is 20.1 Å². The molecular formula is C23H31N3O5S. The second-order valence-corrected chi connectivity index (χ2v) is 9.33. The van der Waals surface area contributed by atoms with Gasteiger partial charge in [0.1, 0.15) is 0 Å². The first kappa shape index (κ1) is 23.9. The molecule has 2 aromatic rings. The number of anilines is 1. The van der Waals surface area contributed by atoms with Gasteiger partial charge in [0.25, 0.3) is 0 Å². The number of rotatable bonds is 9. The third-order valence-corrected chi connectivity index (χ3v) is 7.17. The summed E-state index contributed by atoms with van der Waals surface area (Å²) < 4.78 is 39.6. The molecule has 1 atom stereocenters. The zero-order valence-electron chi connectivity index (χ0n) is 18.5. The minimum absolute atomic E-state index is 0.157. The smallest absolute Gasteiger partial charge is 0.319 e. The van der Waals surface area contributed by atoms with E-state index in [2.05, 4.69) is 10.6 Å². The Labute approximate surface area is 190 Å². The van der Waals surface area contributed by atoms with Crippen LogP contribution >= 0.6 is 0 Å². The summed E-state index contributed by atoms with van der Waals surface area (Å²) in [5, 5.41) is 5.57. The molecule has 0 spiro atoms. The molecule has 1 heterocycles. The van der Waals surface area contributed by atoms with Gasteiger partial charge >= 0.3 is 6.03 Å². The van der Waals surface area contributed by atoms with Gasteiger partial charge in [0.2, 0.25) is 10.0 Å². The fourth-order valence-corrected chi connectivity index (χ4v) is 5.44. The van der Waals surface area contributed by atoms with Crippen molar-refractivity contribution in [2.75, 3.05) is 31.6 Å². The number of benzene rings is 2. The van der Waals surface area contributed by atoms with E-state index in [0.717, 1.165) is 12.8 Å². The minimum Gasteiger partial charge on any atom is -0.490 e. The van der Waals surface area contributed by atoms with E-state index in [1.165, 1.54) is 10.4 Å². The molecule has 2 amide bonds. The molecule has 2 N–H and O–H groups in total. The summed E-state index contributed by atoms with van der Waals surface area (Å²) in [6.45, 7) is 5.19. The number of sulfonamides is 1. The predicted molar refractivity (Wildman–Crippen MR) is 124 cm³/mol. The van der Waals surface area contributed by atoms with Crippen molar-refractivity contribution in [1.82, 2.24) is 9.62 Å². The van der Waals surface area contributed by atoms with Crippen molar-refractivity contribution in [3.63, 3.8) is 0 Å². The van der Waals surface area contributed by atoms with E-state index in [1.807, 2.05) is 32.0 Å². The highest BCUT2D eigenvalue weighted by molar-refractivity contribution is 7.89.